The maximum atomic E-state index is 13.1. The molecule has 0 atom stereocenters. The fourth-order valence-corrected chi connectivity index (χ4v) is 4.40. The first-order valence-corrected chi connectivity index (χ1v) is 8.79. The predicted molar refractivity (Wildman–Crippen MR) is 88.2 cm³/mol. The quantitative estimate of drug-likeness (QED) is 0.823. The summed E-state index contributed by atoms with van der Waals surface area (Å²) < 4.78 is 39.2. The van der Waals surface area contributed by atoms with Gasteiger partial charge in [0.2, 0.25) is 0 Å². The Morgan fingerprint density at radius 1 is 1.12 bits per heavy atom. The van der Waals surface area contributed by atoms with Gasteiger partial charge in [-0.25, -0.2) is 0 Å². The van der Waals surface area contributed by atoms with Gasteiger partial charge in [-0.1, -0.05) is 31.0 Å². The van der Waals surface area contributed by atoms with Gasteiger partial charge in [0.1, 0.15) is 0 Å². The van der Waals surface area contributed by atoms with Gasteiger partial charge in [-0.15, -0.1) is 11.3 Å². The van der Waals surface area contributed by atoms with Gasteiger partial charge < -0.3 is 5.32 Å². The zero-order chi connectivity index (χ0) is 17.2. The largest absolute Gasteiger partial charge is 0.417 e. The van der Waals surface area contributed by atoms with Crippen molar-refractivity contribution in [2.24, 2.45) is 0 Å². The second-order valence-electron chi connectivity index (χ2n) is 6.19. The number of thiophene rings is 1. The molecule has 0 radical (unpaired) electrons. The van der Waals surface area contributed by atoms with Gasteiger partial charge in [0, 0.05) is 16.8 Å². The molecule has 1 aliphatic rings. The summed E-state index contributed by atoms with van der Waals surface area (Å²) in [5.74, 6) is -0.661. The molecule has 0 unspecified atom stereocenters. The second kappa shape index (κ2) is 6.59. The number of nitrogens with one attached hydrogen (secondary N) is 1. The van der Waals surface area contributed by atoms with Crippen molar-refractivity contribution in [3.63, 3.8) is 0 Å². The lowest BCUT2D eigenvalue weighted by Crippen LogP contribution is -2.39. The van der Waals surface area contributed by atoms with Crippen LogP contribution in [0, 0.1) is 0 Å². The van der Waals surface area contributed by atoms with Crippen LogP contribution in [-0.4, -0.2) is 12.5 Å². The molecule has 0 spiro atoms. The lowest BCUT2D eigenvalue weighted by molar-refractivity contribution is -0.137. The summed E-state index contributed by atoms with van der Waals surface area (Å²) in [4.78, 5) is 13.6. The van der Waals surface area contributed by atoms with E-state index in [1.807, 2.05) is 17.5 Å². The Morgan fingerprint density at radius 2 is 1.83 bits per heavy atom. The number of alkyl halides is 3. The van der Waals surface area contributed by atoms with E-state index in [0.29, 0.717) is 6.54 Å². The highest BCUT2D eigenvalue weighted by atomic mass is 32.1. The molecule has 0 bridgehead atoms. The van der Waals surface area contributed by atoms with Gasteiger partial charge in [0.25, 0.3) is 5.91 Å². The van der Waals surface area contributed by atoms with E-state index in [-0.39, 0.29) is 11.0 Å². The van der Waals surface area contributed by atoms with E-state index < -0.39 is 17.6 Å². The molecule has 1 aliphatic carbocycles. The average Bonchev–Trinajstić information content (AvgIpc) is 3.24. The van der Waals surface area contributed by atoms with Gasteiger partial charge in [-0.2, -0.15) is 13.2 Å². The predicted octanol–water partition coefficient (Wildman–Crippen LogP) is 5.01. The van der Waals surface area contributed by atoms with Crippen molar-refractivity contribution in [2.75, 3.05) is 6.54 Å². The van der Waals surface area contributed by atoms with E-state index in [4.69, 9.17) is 0 Å². The maximum Gasteiger partial charge on any atom is 0.417 e. The number of rotatable bonds is 4. The van der Waals surface area contributed by atoms with E-state index in [9.17, 15) is 18.0 Å². The third-order valence-corrected chi connectivity index (χ3v) is 5.79. The Bertz CT molecular complexity index is 703. The van der Waals surface area contributed by atoms with Crippen LogP contribution in [0.5, 0.6) is 0 Å². The summed E-state index contributed by atoms with van der Waals surface area (Å²) in [5, 5.41) is 4.75. The number of halogens is 3. The van der Waals surface area contributed by atoms with E-state index in [0.717, 1.165) is 31.7 Å². The van der Waals surface area contributed by atoms with Crippen molar-refractivity contribution >= 4 is 17.2 Å². The van der Waals surface area contributed by atoms with Crippen molar-refractivity contribution < 1.29 is 18.0 Å². The molecule has 1 aromatic carbocycles. The summed E-state index contributed by atoms with van der Waals surface area (Å²) >= 11 is 1.64. The number of hydrogen-bond acceptors (Lipinski definition) is 2. The number of hydrogen-bond donors (Lipinski definition) is 1. The second-order valence-corrected chi connectivity index (χ2v) is 7.14. The molecule has 0 saturated heterocycles. The smallest absolute Gasteiger partial charge is 0.351 e. The summed E-state index contributed by atoms with van der Waals surface area (Å²) in [6.45, 7) is 0.374. The van der Waals surface area contributed by atoms with Crippen LogP contribution in [0.2, 0.25) is 0 Å². The molecule has 6 heteroatoms. The lowest BCUT2D eigenvalue weighted by Gasteiger charge is -2.28. The Morgan fingerprint density at radius 3 is 2.46 bits per heavy atom. The molecular formula is C18H18F3NOS. The van der Waals surface area contributed by atoms with Gasteiger partial charge in [-0.3, -0.25) is 4.79 Å². The van der Waals surface area contributed by atoms with Crippen LogP contribution >= 0.6 is 11.3 Å². The SMILES string of the molecule is O=C(NCC1(c2cccs2)CCCC1)c1ccccc1C(F)(F)F. The Kier molecular flexibility index (Phi) is 4.67. The van der Waals surface area contributed by atoms with Crippen LogP contribution in [0.4, 0.5) is 13.2 Å². The van der Waals surface area contributed by atoms with E-state index >= 15 is 0 Å². The first kappa shape index (κ1) is 17.0. The fraction of sp³-hybridized carbons (Fsp3) is 0.389. The minimum Gasteiger partial charge on any atom is -0.351 e. The lowest BCUT2D eigenvalue weighted by atomic mass is 9.84. The fourth-order valence-electron chi connectivity index (χ4n) is 3.42. The third kappa shape index (κ3) is 3.34. The van der Waals surface area contributed by atoms with Gasteiger partial charge in [-0.05, 0) is 36.4 Å². The van der Waals surface area contributed by atoms with Crippen molar-refractivity contribution in [1.29, 1.82) is 0 Å². The third-order valence-electron chi connectivity index (χ3n) is 4.67. The molecule has 24 heavy (non-hydrogen) atoms. The molecular weight excluding hydrogens is 335 g/mol. The van der Waals surface area contributed by atoms with Crippen LogP contribution in [0.1, 0.15) is 46.5 Å². The highest BCUT2D eigenvalue weighted by Crippen LogP contribution is 2.42. The van der Waals surface area contributed by atoms with E-state index in [1.165, 1.54) is 23.1 Å². The Labute approximate surface area is 142 Å². The molecule has 1 saturated carbocycles. The van der Waals surface area contributed by atoms with Crippen molar-refractivity contribution in [2.45, 2.75) is 37.3 Å². The first-order valence-electron chi connectivity index (χ1n) is 7.91. The summed E-state index contributed by atoms with van der Waals surface area (Å²) in [5.41, 5.74) is -1.35. The zero-order valence-electron chi connectivity index (χ0n) is 13.0. The highest BCUT2D eigenvalue weighted by Gasteiger charge is 2.38. The molecule has 128 valence electrons. The highest BCUT2D eigenvalue weighted by molar-refractivity contribution is 7.10. The summed E-state index contributed by atoms with van der Waals surface area (Å²) in [6.07, 6.45) is -0.476. The average molecular weight is 353 g/mol. The first-order chi connectivity index (χ1) is 11.4. The topological polar surface area (TPSA) is 29.1 Å². The molecule has 1 heterocycles. The number of amides is 1. The molecule has 2 aromatic rings. The van der Waals surface area contributed by atoms with E-state index in [1.54, 1.807) is 11.3 Å². The zero-order valence-corrected chi connectivity index (χ0v) is 13.8. The molecule has 1 N–H and O–H groups in total. The van der Waals surface area contributed by atoms with Crippen LogP contribution in [0.25, 0.3) is 0 Å². The van der Waals surface area contributed by atoms with Crippen molar-refractivity contribution in [1.82, 2.24) is 5.32 Å². The van der Waals surface area contributed by atoms with Crippen molar-refractivity contribution in [3.05, 3.63) is 57.8 Å². The maximum absolute atomic E-state index is 13.1. The number of carbonyl (C=O) groups is 1. The molecule has 1 amide bonds. The normalized spacial score (nSPS) is 17.0. The van der Waals surface area contributed by atoms with Crippen LogP contribution < -0.4 is 5.32 Å². The standard InChI is InChI=1S/C18H18F3NOS/c19-18(20,21)14-7-2-1-6-13(14)16(23)22-12-17(9-3-4-10-17)15-8-5-11-24-15/h1-2,5-8,11H,3-4,9-10,12H2,(H,22,23). The van der Waals surface area contributed by atoms with Crippen LogP contribution in [0.15, 0.2) is 41.8 Å². The van der Waals surface area contributed by atoms with Gasteiger partial charge >= 0.3 is 6.18 Å². The van der Waals surface area contributed by atoms with Crippen molar-refractivity contribution in [3.8, 4) is 0 Å². The summed E-state index contributed by atoms with van der Waals surface area (Å²) in [7, 11) is 0. The van der Waals surface area contributed by atoms with Gasteiger partial charge in [0.15, 0.2) is 0 Å². The van der Waals surface area contributed by atoms with Crippen LogP contribution in [-0.2, 0) is 11.6 Å². The Balaban J connectivity index is 1.79. The molecule has 3 rings (SSSR count). The number of benzene rings is 1. The van der Waals surface area contributed by atoms with Crippen LogP contribution in [0.3, 0.4) is 0 Å². The minimum absolute atomic E-state index is 0.142. The monoisotopic (exact) mass is 353 g/mol. The number of carbonyl (C=O) groups excluding carboxylic acids is 1. The molecule has 2 nitrogen and oxygen atoms in total. The summed E-state index contributed by atoms with van der Waals surface area (Å²) in [6, 6.07) is 8.94. The minimum atomic E-state index is -4.53. The molecule has 0 aliphatic heterocycles. The Hall–Kier alpha value is -1.82. The molecule has 1 fully saturated rings. The van der Waals surface area contributed by atoms with Gasteiger partial charge in [0.05, 0.1) is 11.1 Å². The molecule has 1 aromatic heterocycles. The van der Waals surface area contributed by atoms with E-state index in [2.05, 4.69) is 5.32 Å².